The summed E-state index contributed by atoms with van der Waals surface area (Å²) in [6.45, 7) is 8.65. The van der Waals surface area contributed by atoms with Gasteiger partial charge in [0.25, 0.3) is 0 Å². The molecule has 3 fully saturated rings. The zero-order chi connectivity index (χ0) is 14.4. The number of hydrogen-bond acceptors (Lipinski definition) is 4. The lowest BCUT2D eigenvalue weighted by atomic mass is 9.93. The van der Waals surface area contributed by atoms with Crippen molar-refractivity contribution >= 4 is 5.95 Å². The maximum Gasteiger partial charge on any atom is 0.225 e. The molecule has 0 spiro atoms. The van der Waals surface area contributed by atoms with Gasteiger partial charge in [0.2, 0.25) is 5.95 Å². The summed E-state index contributed by atoms with van der Waals surface area (Å²) in [7, 11) is 0. The summed E-state index contributed by atoms with van der Waals surface area (Å²) in [6, 6.07) is 2.93. The van der Waals surface area contributed by atoms with Crippen LogP contribution in [0.5, 0.6) is 0 Å². The van der Waals surface area contributed by atoms with Crippen molar-refractivity contribution in [2.24, 2.45) is 11.8 Å². The average Bonchev–Trinajstić information content (AvgIpc) is 3.09. The lowest BCUT2D eigenvalue weighted by Gasteiger charge is -2.41. The standard InChI is InChI=1S/C17H26N4/c1-12-9-13(2)19-17(18-12)21-7-5-20(6-8-21)16-11-14-3-4-15(16)10-14/h9,14-16H,3-8,10-11H2,1-2H3/t14-,15-,16-/m0/s1. The second kappa shape index (κ2) is 5.24. The van der Waals surface area contributed by atoms with Crippen LogP contribution in [0, 0.1) is 25.7 Å². The van der Waals surface area contributed by atoms with E-state index in [2.05, 4.69) is 39.7 Å². The first-order valence-corrected chi connectivity index (χ1v) is 8.50. The molecule has 0 N–H and O–H groups in total. The first kappa shape index (κ1) is 13.5. The summed E-state index contributed by atoms with van der Waals surface area (Å²) in [5.74, 6) is 2.97. The van der Waals surface area contributed by atoms with Crippen molar-refractivity contribution in [2.75, 3.05) is 31.1 Å². The van der Waals surface area contributed by atoms with Crippen molar-refractivity contribution < 1.29 is 0 Å². The highest BCUT2D eigenvalue weighted by atomic mass is 15.3. The van der Waals surface area contributed by atoms with Gasteiger partial charge in [-0.2, -0.15) is 0 Å². The van der Waals surface area contributed by atoms with Crippen LogP contribution in [0.3, 0.4) is 0 Å². The molecule has 1 aromatic heterocycles. The number of hydrogen-bond donors (Lipinski definition) is 0. The van der Waals surface area contributed by atoms with Gasteiger partial charge in [0.05, 0.1) is 0 Å². The van der Waals surface area contributed by atoms with Gasteiger partial charge >= 0.3 is 0 Å². The number of rotatable bonds is 2. The van der Waals surface area contributed by atoms with Gasteiger partial charge < -0.3 is 4.90 Å². The smallest absolute Gasteiger partial charge is 0.225 e. The quantitative estimate of drug-likeness (QED) is 0.836. The monoisotopic (exact) mass is 286 g/mol. The molecule has 2 heterocycles. The first-order chi connectivity index (χ1) is 10.2. The molecule has 3 aliphatic rings. The van der Waals surface area contributed by atoms with Gasteiger partial charge in [0.1, 0.15) is 0 Å². The van der Waals surface area contributed by atoms with Gasteiger partial charge in [0, 0.05) is 43.6 Å². The molecule has 4 rings (SSSR count). The third kappa shape index (κ3) is 2.54. The van der Waals surface area contributed by atoms with Crippen LogP contribution in [0.15, 0.2) is 6.07 Å². The topological polar surface area (TPSA) is 32.3 Å². The van der Waals surface area contributed by atoms with Gasteiger partial charge in [-0.3, -0.25) is 4.90 Å². The highest BCUT2D eigenvalue weighted by Crippen LogP contribution is 2.46. The minimum atomic E-state index is 0.881. The summed E-state index contributed by atoms with van der Waals surface area (Å²) >= 11 is 0. The summed E-state index contributed by atoms with van der Waals surface area (Å²) in [5.41, 5.74) is 2.15. The minimum absolute atomic E-state index is 0.881. The Kier molecular flexibility index (Phi) is 3.37. The Morgan fingerprint density at radius 2 is 1.67 bits per heavy atom. The predicted octanol–water partition coefficient (Wildman–Crippen LogP) is 2.40. The van der Waals surface area contributed by atoms with E-state index < -0.39 is 0 Å². The zero-order valence-corrected chi connectivity index (χ0v) is 13.3. The van der Waals surface area contributed by atoms with Gasteiger partial charge in [-0.15, -0.1) is 0 Å². The minimum Gasteiger partial charge on any atom is -0.338 e. The SMILES string of the molecule is Cc1cc(C)nc(N2CCN([C@H]3C[C@H]4CC[C@H]3C4)CC2)n1. The summed E-state index contributed by atoms with van der Waals surface area (Å²) in [6.07, 6.45) is 5.95. The third-order valence-corrected chi connectivity index (χ3v) is 5.74. The van der Waals surface area contributed by atoms with Crippen molar-refractivity contribution in [2.45, 2.75) is 45.6 Å². The van der Waals surface area contributed by atoms with Crippen LogP contribution < -0.4 is 4.90 Å². The molecule has 2 aliphatic carbocycles. The van der Waals surface area contributed by atoms with Gasteiger partial charge in [0.15, 0.2) is 0 Å². The van der Waals surface area contributed by atoms with Crippen LogP contribution in [0.2, 0.25) is 0 Å². The Bertz CT molecular complexity index is 501. The van der Waals surface area contributed by atoms with Crippen molar-refractivity contribution in [3.63, 3.8) is 0 Å². The molecule has 4 nitrogen and oxygen atoms in total. The van der Waals surface area contributed by atoms with Crippen molar-refractivity contribution in [3.05, 3.63) is 17.5 Å². The van der Waals surface area contributed by atoms with Crippen LogP contribution >= 0.6 is 0 Å². The Hall–Kier alpha value is -1.16. The van der Waals surface area contributed by atoms with Crippen LogP contribution in [-0.2, 0) is 0 Å². The second-order valence-electron chi connectivity index (χ2n) is 7.22. The Morgan fingerprint density at radius 3 is 2.24 bits per heavy atom. The molecule has 1 saturated heterocycles. The number of nitrogens with zero attached hydrogens (tertiary/aromatic N) is 4. The molecule has 2 saturated carbocycles. The van der Waals surface area contributed by atoms with E-state index >= 15 is 0 Å². The van der Waals surface area contributed by atoms with Crippen LogP contribution in [0.1, 0.15) is 37.1 Å². The fourth-order valence-electron chi connectivity index (χ4n) is 4.76. The average molecular weight is 286 g/mol. The van der Waals surface area contributed by atoms with Gasteiger partial charge in [-0.05, 0) is 51.0 Å². The molecule has 3 atom stereocenters. The second-order valence-corrected chi connectivity index (χ2v) is 7.22. The molecular formula is C17H26N4. The lowest BCUT2D eigenvalue weighted by Crippen LogP contribution is -2.52. The summed E-state index contributed by atoms with van der Waals surface area (Å²) < 4.78 is 0. The van der Waals surface area contributed by atoms with Crippen molar-refractivity contribution in [1.82, 2.24) is 14.9 Å². The van der Waals surface area contributed by atoms with E-state index in [9.17, 15) is 0 Å². The van der Waals surface area contributed by atoms with E-state index in [0.717, 1.165) is 48.3 Å². The third-order valence-electron chi connectivity index (χ3n) is 5.74. The van der Waals surface area contributed by atoms with Crippen molar-refractivity contribution in [1.29, 1.82) is 0 Å². The van der Waals surface area contributed by atoms with E-state index in [1.807, 2.05) is 0 Å². The Morgan fingerprint density at radius 1 is 0.952 bits per heavy atom. The van der Waals surface area contributed by atoms with E-state index in [1.54, 1.807) is 0 Å². The Labute approximate surface area is 127 Å². The zero-order valence-electron chi connectivity index (χ0n) is 13.3. The fraction of sp³-hybridized carbons (Fsp3) is 0.765. The molecule has 0 radical (unpaired) electrons. The van der Waals surface area contributed by atoms with E-state index in [4.69, 9.17) is 0 Å². The molecule has 1 aromatic rings. The number of anilines is 1. The van der Waals surface area contributed by atoms with Gasteiger partial charge in [-0.1, -0.05) is 6.42 Å². The fourth-order valence-corrected chi connectivity index (χ4v) is 4.76. The van der Waals surface area contributed by atoms with Crippen LogP contribution in [0.4, 0.5) is 5.95 Å². The molecule has 1 aliphatic heterocycles. The maximum absolute atomic E-state index is 4.61. The number of fused-ring (bicyclic) bond motifs is 2. The molecule has 0 amide bonds. The van der Waals surface area contributed by atoms with Gasteiger partial charge in [-0.25, -0.2) is 9.97 Å². The molecule has 2 bridgehead atoms. The Balaban J connectivity index is 1.40. The molecule has 114 valence electrons. The molecule has 21 heavy (non-hydrogen) atoms. The molecule has 0 unspecified atom stereocenters. The van der Waals surface area contributed by atoms with E-state index in [0.29, 0.717) is 0 Å². The number of piperazine rings is 1. The molecule has 4 heteroatoms. The maximum atomic E-state index is 4.61. The number of aryl methyl sites for hydroxylation is 2. The lowest BCUT2D eigenvalue weighted by molar-refractivity contribution is 0.134. The summed E-state index contributed by atoms with van der Waals surface area (Å²) in [4.78, 5) is 14.3. The number of aromatic nitrogens is 2. The largest absolute Gasteiger partial charge is 0.338 e. The normalized spacial score (nSPS) is 32.9. The first-order valence-electron chi connectivity index (χ1n) is 8.50. The van der Waals surface area contributed by atoms with Crippen molar-refractivity contribution in [3.8, 4) is 0 Å². The summed E-state index contributed by atoms with van der Waals surface area (Å²) in [5, 5.41) is 0. The van der Waals surface area contributed by atoms with E-state index in [1.165, 1.54) is 38.8 Å². The molecular weight excluding hydrogens is 260 g/mol. The van der Waals surface area contributed by atoms with Crippen LogP contribution in [-0.4, -0.2) is 47.1 Å². The van der Waals surface area contributed by atoms with Crippen LogP contribution in [0.25, 0.3) is 0 Å². The highest BCUT2D eigenvalue weighted by molar-refractivity contribution is 5.33. The highest BCUT2D eigenvalue weighted by Gasteiger charge is 2.42. The predicted molar refractivity (Wildman–Crippen MR) is 84.5 cm³/mol. The molecule has 0 aromatic carbocycles. The van der Waals surface area contributed by atoms with E-state index in [-0.39, 0.29) is 0 Å².